The quantitative estimate of drug-likeness (QED) is 0.887. The van der Waals surface area contributed by atoms with Crippen molar-refractivity contribution >= 4 is 24.0 Å². The molecule has 0 unspecified atom stereocenters. The summed E-state index contributed by atoms with van der Waals surface area (Å²) < 4.78 is 0. The van der Waals surface area contributed by atoms with Crippen molar-refractivity contribution in [3.63, 3.8) is 0 Å². The van der Waals surface area contributed by atoms with Gasteiger partial charge >= 0.3 is 0 Å². The van der Waals surface area contributed by atoms with Crippen LogP contribution in [0.2, 0.25) is 0 Å². The van der Waals surface area contributed by atoms with E-state index < -0.39 is 6.04 Å². The first-order chi connectivity index (χ1) is 7.86. The standard InChI is InChI=1S/C14H22N2O.ClH/c1-5-11(15)13(17)16-12-9-7-6-8-10(12)14(2,3)4;/h6-9,11H,5,15H2,1-4H3,(H,16,17);1H/t11-;/m0./s1. The second-order valence-corrected chi connectivity index (χ2v) is 5.30. The topological polar surface area (TPSA) is 55.1 Å². The number of rotatable bonds is 3. The van der Waals surface area contributed by atoms with E-state index in [2.05, 4.69) is 26.1 Å². The molecular weight excluding hydrogens is 248 g/mol. The SMILES string of the molecule is CC[C@H](N)C(=O)Nc1ccccc1C(C)(C)C.Cl. The largest absolute Gasteiger partial charge is 0.324 e. The normalized spacial score (nSPS) is 12.5. The minimum atomic E-state index is -0.442. The summed E-state index contributed by atoms with van der Waals surface area (Å²) in [6.45, 7) is 8.27. The molecule has 1 amide bonds. The molecule has 0 bridgehead atoms. The Morgan fingerprint density at radius 3 is 2.39 bits per heavy atom. The number of nitrogens with two attached hydrogens (primary N) is 1. The number of halogens is 1. The van der Waals surface area contributed by atoms with Gasteiger partial charge < -0.3 is 11.1 Å². The van der Waals surface area contributed by atoms with Crippen molar-refractivity contribution in [1.82, 2.24) is 0 Å². The summed E-state index contributed by atoms with van der Waals surface area (Å²) in [5.41, 5.74) is 7.69. The Bertz CT molecular complexity index is 399. The van der Waals surface area contributed by atoms with Gasteiger partial charge in [0.25, 0.3) is 0 Å². The van der Waals surface area contributed by atoms with Gasteiger partial charge in [0.1, 0.15) is 0 Å². The van der Waals surface area contributed by atoms with E-state index in [1.54, 1.807) is 0 Å². The average Bonchev–Trinajstić information content (AvgIpc) is 2.27. The predicted octanol–water partition coefficient (Wildman–Crippen LogP) is 3.08. The summed E-state index contributed by atoms with van der Waals surface area (Å²) in [6.07, 6.45) is 0.642. The first-order valence-corrected chi connectivity index (χ1v) is 6.02. The Balaban J connectivity index is 0.00000289. The van der Waals surface area contributed by atoms with Gasteiger partial charge in [0.2, 0.25) is 5.91 Å². The molecule has 0 radical (unpaired) electrons. The Hall–Kier alpha value is -1.06. The molecule has 0 saturated carbocycles. The highest BCUT2D eigenvalue weighted by atomic mass is 35.5. The number of anilines is 1. The molecule has 0 spiro atoms. The highest BCUT2D eigenvalue weighted by Gasteiger charge is 2.19. The molecule has 0 aromatic heterocycles. The maximum Gasteiger partial charge on any atom is 0.241 e. The maximum atomic E-state index is 11.8. The third kappa shape index (κ3) is 4.31. The molecule has 0 saturated heterocycles. The van der Waals surface area contributed by atoms with Crippen molar-refractivity contribution in [2.24, 2.45) is 5.73 Å². The zero-order chi connectivity index (χ0) is 13.1. The lowest BCUT2D eigenvalue weighted by atomic mass is 9.86. The van der Waals surface area contributed by atoms with Crippen LogP contribution in [-0.4, -0.2) is 11.9 Å². The van der Waals surface area contributed by atoms with Crippen LogP contribution in [0.1, 0.15) is 39.7 Å². The molecule has 0 fully saturated rings. The average molecular weight is 271 g/mol. The van der Waals surface area contributed by atoms with Crippen molar-refractivity contribution in [1.29, 1.82) is 0 Å². The Labute approximate surface area is 116 Å². The van der Waals surface area contributed by atoms with Gasteiger partial charge in [0.05, 0.1) is 6.04 Å². The molecule has 1 aromatic rings. The van der Waals surface area contributed by atoms with Gasteiger partial charge in [-0.25, -0.2) is 0 Å². The van der Waals surface area contributed by atoms with Crippen molar-refractivity contribution in [2.75, 3.05) is 5.32 Å². The van der Waals surface area contributed by atoms with Crippen LogP contribution in [0, 0.1) is 0 Å². The Morgan fingerprint density at radius 2 is 1.89 bits per heavy atom. The summed E-state index contributed by atoms with van der Waals surface area (Å²) in [5.74, 6) is -0.121. The fourth-order valence-corrected chi connectivity index (χ4v) is 1.66. The molecule has 0 heterocycles. The maximum absolute atomic E-state index is 11.8. The highest BCUT2D eigenvalue weighted by Crippen LogP contribution is 2.29. The fraction of sp³-hybridized carbons (Fsp3) is 0.500. The van der Waals surface area contributed by atoms with E-state index >= 15 is 0 Å². The van der Waals surface area contributed by atoms with Crippen LogP contribution in [0.5, 0.6) is 0 Å². The third-order valence-electron chi connectivity index (χ3n) is 2.77. The van der Waals surface area contributed by atoms with Crippen LogP contribution in [0.3, 0.4) is 0 Å². The van der Waals surface area contributed by atoms with Gasteiger partial charge in [-0.05, 0) is 23.5 Å². The Kier molecular flexibility index (Phi) is 6.36. The van der Waals surface area contributed by atoms with Crippen LogP contribution in [-0.2, 0) is 10.2 Å². The first-order valence-electron chi connectivity index (χ1n) is 6.02. The first kappa shape index (κ1) is 16.9. The lowest BCUT2D eigenvalue weighted by Gasteiger charge is -2.23. The number of carbonyl (C=O) groups excluding carboxylic acids is 1. The van der Waals surface area contributed by atoms with Gasteiger partial charge in [-0.2, -0.15) is 0 Å². The molecular formula is C14H23ClN2O. The van der Waals surface area contributed by atoms with Crippen LogP contribution < -0.4 is 11.1 Å². The van der Waals surface area contributed by atoms with Crippen LogP contribution in [0.15, 0.2) is 24.3 Å². The molecule has 1 rings (SSSR count). The van der Waals surface area contributed by atoms with Gasteiger partial charge in [-0.3, -0.25) is 4.79 Å². The van der Waals surface area contributed by atoms with E-state index in [-0.39, 0.29) is 23.7 Å². The molecule has 1 aromatic carbocycles. The molecule has 18 heavy (non-hydrogen) atoms. The fourth-order valence-electron chi connectivity index (χ4n) is 1.66. The summed E-state index contributed by atoms with van der Waals surface area (Å²) in [4.78, 5) is 11.8. The smallest absolute Gasteiger partial charge is 0.241 e. The molecule has 0 aliphatic heterocycles. The lowest BCUT2D eigenvalue weighted by Crippen LogP contribution is -2.35. The molecule has 102 valence electrons. The number of hydrogen-bond acceptors (Lipinski definition) is 2. The van der Waals surface area contributed by atoms with E-state index in [1.807, 2.05) is 31.2 Å². The highest BCUT2D eigenvalue weighted by molar-refractivity contribution is 5.95. The zero-order valence-corrected chi connectivity index (χ0v) is 12.3. The van der Waals surface area contributed by atoms with Crippen LogP contribution >= 0.6 is 12.4 Å². The Morgan fingerprint density at radius 1 is 1.33 bits per heavy atom. The van der Waals surface area contributed by atoms with Gasteiger partial charge in [0.15, 0.2) is 0 Å². The number of benzene rings is 1. The molecule has 0 aliphatic carbocycles. The predicted molar refractivity (Wildman–Crippen MR) is 79.3 cm³/mol. The summed E-state index contributed by atoms with van der Waals surface area (Å²) in [6, 6.07) is 7.41. The number of nitrogens with one attached hydrogen (secondary N) is 1. The minimum Gasteiger partial charge on any atom is -0.324 e. The molecule has 3 N–H and O–H groups in total. The second-order valence-electron chi connectivity index (χ2n) is 5.30. The second kappa shape index (κ2) is 6.76. The number of amides is 1. The van der Waals surface area contributed by atoms with E-state index in [0.29, 0.717) is 6.42 Å². The lowest BCUT2D eigenvalue weighted by molar-refractivity contribution is -0.117. The van der Waals surface area contributed by atoms with Crippen LogP contribution in [0.4, 0.5) is 5.69 Å². The van der Waals surface area contributed by atoms with Gasteiger partial charge in [0, 0.05) is 5.69 Å². The monoisotopic (exact) mass is 270 g/mol. The molecule has 4 heteroatoms. The van der Waals surface area contributed by atoms with Crippen molar-refractivity contribution in [3.05, 3.63) is 29.8 Å². The van der Waals surface area contributed by atoms with Gasteiger partial charge in [-0.1, -0.05) is 45.9 Å². The van der Waals surface area contributed by atoms with Crippen molar-refractivity contribution in [3.8, 4) is 0 Å². The van der Waals surface area contributed by atoms with E-state index in [9.17, 15) is 4.79 Å². The molecule has 1 atom stereocenters. The summed E-state index contributed by atoms with van der Waals surface area (Å²) in [7, 11) is 0. The number of carbonyl (C=O) groups is 1. The van der Waals surface area contributed by atoms with Crippen molar-refractivity contribution < 1.29 is 4.79 Å². The third-order valence-corrected chi connectivity index (χ3v) is 2.77. The summed E-state index contributed by atoms with van der Waals surface area (Å²) in [5, 5.41) is 2.90. The zero-order valence-electron chi connectivity index (χ0n) is 11.5. The minimum absolute atomic E-state index is 0. The van der Waals surface area contributed by atoms with Crippen molar-refractivity contribution in [2.45, 2.75) is 45.6 Å². The number of hydrogen-bond donors (Lipinski definition) is 2. The van der Waals surface area contributed by atoms with E-state index in [0.717, 1.165) is 11.3 Å². The molecule has 0 aliphatic rings. The summed E-state index contributed by atoms with van der Waals surface area (Å²) >= 11 is 0. The van der Waals surface area contributed by atoms with Gasteiger partial charge in [-0.15, -0.1) is 12.4 Å². The number of para-hydroxylation sites is 1. The van der Waals surface area contributed by atoms with Crippen LogP contribution in [0.25, 0.3) is 0 Å². The van der Waals surface area contributed by atoms with E-state index in [1.165, 1.54) is 0 Å². The van der Waals surface area contributed by atoms with E-state index in [4.69, 9.17) is 5.73 Å². The molecule has 3 nitrogen and oxygen atoms in total.